The minimum absolute atomic E-state index is 0.0626. The minimum Gasteiger partial charge on any atom is -0.493 e. The number of hydrogen-bond donors (Lipinski definition) is 1. The molecule has 0 aliphatic carbocycles. The zero-order valence-electron chi connectivity index (χ0n) is 13.5. The lowest BCUT2D eigenvalue weighted by Crippen LogP contribution is -2.37. The molecule has 1 aromatic carbocycles. The van der Waals surface area contributed by atoms with E-state index < -0.39 is 0 Å². The number of carbonyl (C=O) groups excluding carboxylic acids is 2. The van der Waals surface area contributed by atoms with Crippen LogP contribution in [0.3, 0.4) is 0 Å². The van der Waals surface area contributed by atoms with Gasteiger partial charge in [-0.3, -0.25) is 9.59 Å². The molecule has 6 heteroatoms. The lowest BCUT2D eigenvalue weighted by atomic mass is 10.1. The normalized spacial score (nSPS) is 16.3. The Bertz CT molecular complexity index is 660. The molecule has 1 unspecified atom stereocenters. The minimum atomic E-state index is -0.307. The van der Waals surface area contributed by atoms with Crippen molar-refractivity contribution in [1.82, 2.24) is 10.2 Å². The monoisotopic (exact) mass is 316 g/mol. The second-order valence-electron chi connectivity index (χ2n) is 5.15. The first-order valence-corrected chi connectivity index (χ1v) is 7.33. The van der Waals surface area contributed by atoms with Gasteiger partial charge in [0.05, 0.1) is 14.2 Å². The van der Waals surface area contributed by atoms with Gasteiger partial charge in [0.15, 0.2) is 11.5 Å². The molecule has 0 radical (unpaired) electrons. The van der Waals surface area contributed by atoms with Crippen LogP contribution in [0.5, 0.6) is 11.5 Å². The van der Waals surface area contributed by atoms with Gasteiger partial charge in [-0.2, -0.15) is 0 Å². The molecule has 1 aliphatic rings. The number of nitrogens with zero attached hydrogens (tertiary/aromatic N) is 1. The molecule has 0 bridgehead atoms. The van der Waals surface area contributed by atoms with Crippen molar-refractivity contribution >= 4 is 11.8 Å². The lowest BCUT2D eigenvalue weighted by molar-refractivity contribution is -0.116. The van der Waals surface area contributed by atoms with Crippen LogP contribution in [-0.2, 0) is 4.79 Å². The van der Waals surface area contributed by atoms with Crippen molar-refractivity contribution in [2.45, 2.75) is 19.4 Å². The van der Waals surface area contributed by atoms with Crippen molar-refractivity contribution in [3.05, 3.63) is 23.8 Å². The number of ether oxygens (including phenoxy) is 2. The highest BCUT2D eigenvalue weighted by molar-refractivity contribution is 5.96. The summed E-state index contributed by atoms with van der Waals surface area (Å²) in [5.74, 6) is 5.69. The fourth-order valence-electron chi connectivity index (χ4n) is 2.55. The number of rotatable bonds is 4. The van der Waals surface area contributed by atoms with E-state index in [1.54, 1.807) is 37.1 Å². The van der Waals surface area contributed by atoms with Crippen LogP contribution in [0.1, 0.15) is 23.7 Å². The molecule has 0 aromatic heterocycles. The summed E-state index contributed by atoms with van der Waals surface area (Å²) < 4.78 is 10.4. The smallest absolute Gasteiger partial charge is 0.296 e. The van der Waals surface area contributed by atoms with Crippen LogP contribution >= 0.6 is 0 Å². The lowest BCUT2D eigenvalue weighted by Gasteiger charge is -2.17. The molecular weight excluding hydrogens is 296 g/mol. The van der Waals surface area contributed by atoms with E-state index in [0.717, 1.165) is 6.42 Å². The average molecular weight is 316 g/mol. The molecule has 6 nitrogen and oxygen atoms in total. The maximum atomic E-state index is 12.6. The number of hydrogen-bond acceptors (Lipinski definition) is 4. The van der Waals surface area contributed by atoms with Crippen LogP contribution in [-0.4, -0.2) is 50.1 Å². The number of methoxy groups -OCH3 is 2. The van der Waals surface area contributed by atoms with E-state index in [2.05, 4.69) is 17.2 Å². The predicted octanol–water partition coefficient (Wildman–Crippen LogP) is 1.06. The Morgan fingerprint density at radius 2 is 2.00 bits per heavy atom. The number of amides is 2. The molecule has 1 saturated heterocycles. The molecule has 1 N–H and O–H groups in total. The second kappa shape index (κ2) is 7.54. The standard InChI is InChI=1S/C17H20N2O4/c1-4-5-16(20)18-13-8-9-19(11-13)17(21)12-6-7-14(22-2)15(10-12)23-3/h6-7,10,13H,8-9,11H2,1-3H3,(H,18,20). The van der Waals surface area contributed by atoms with Crippen molar-refractivity contribution in [1.29, 1.82) is 0 Å². The van der Waals surface area contributed by atoms with Crippen molar-refractivity contribution < 1.29 is 19.1 Å². The molecule has 0 saturated carbocycles. The van der Waals surface area contributed by atoms with Gasteiger partial charge < -0.3 is 19.7 Å². The first-order valence-electron chi connectivity index (χ1n) is 7.33. The molecule has 1 heterocycles. The molecule has 23 heavy (non-hydrogen) atoms. The summed E-state index contributed by atoms with van der Waals surface area (Å²) in [7, 11) is 3.08. The fraction of sp³-hybridized carbons (Fsp3) is 0.412. The number of nitrogens with one attached hydrogen (secondary N) is 1. The summed E-state index contributed by atoms with van der Waals surface area (Å²) in [6.07, 6.45) is 0.718. The van der Waals surface area contributed by atoms with E-state index in [1.807, 2.05) is 0 Å². The Morgan fingerprint density at radius 3 is 2.65 bits per heavy atom. The molecule has 1 atom stereocenters. The summed E-state index contributed by atoms with van der Waals surface area (Å²) >= 11 is 0. The summed E-state index contributed by atoms with van der Waals surface area (Å²) in [5, 5.41) is 2.81. The Kier molecular flexibility index (Phi) is 5.47. The SMILES string of the molecule is CC#CC(=O)NC1CCN(C(=O)c2ccc(OC)c(OC)c2)C1. The highest BCUT2D eigenvalue weighted by atomic mass is 16.5. The molecular formula is C17H20N2O4. The molecule has 0 spiro atoms. The van der Waals surface area contributed by atoms with Gasteiger partial charge in [0, 0.05) is 24.7 Å². The number of carbonyl (C=O) groups is 2. The van der Waals surface area contributed by atoms with Gasteiger partial charge in [-0.1, -0.05) is 5.92 Å². The van der Waals surface area contributed by atoms with E-state index >= 15 is 0 Å². The zero-order chi connectivity index (χ0) is 16.8. The zero-order valence-corrected chi connectivity index (χ0v) is 13.5. The van der Waals surface area contributed by atoms with Gasteiger partial charge in [0.1, 0.15) is 0 Å². The van der Waals surface area contributed by atoms with E-state index in [1.165, 1.54) is 7.11 Å². The topological polar surface area (TPSA) is 67.9 Å². The molecule has 2 amide bonds. The van der Waals surface area contributed by atoms with Crippen LogP contribution in [0.4, 0.5) is 0 Å². The second-order valence-corrected chi connectivity index (χ2v) is 5.15. The molecule has 1 aromatic rings. The first kappa shape index (κ1) is 16.7. The number of benzene rings is 1. The van der Waals surface area contributed by atoms with Gasteiger partial charge >= 0.3 is 0 Å². The van der Waals surface area contributed by atoms with Crippen molar-refractivity contribution in [3.8, 4) is 23.3 Å². The third-order valence-electron chi connectivity index (χ3n) is 3.68. The summed E-state index contributed by atoms with van der Waals surface area (Å²) in [5.41, 5.74) is 0.531. The van der Waals surface area contributed by atoms with Crippen LogP contribution < -0.4 is 14.8 Å². The van der Waals surface area contributed by atoms with Crippen molar-refractivity contribution in [2.24, 2.45) is 0 Å². The van der Waals surface area contributed by atoms with E-state index in [4.69, 9.17) is 9.47 Å². The summed E-state index contributed by atoms with van der Waals surface area (Å²) in [6.45, 7) is 2.68. The van der Waals surface area contributed by atoms with Crippen LogP contribution in [0, 0.1) is 11.8 Å². The third kappa shape index (κ3) is 3.95. The molecule has 1 aliphatic heterocycles. The van der Waals surface area contributed by atoms with Crippen LogP contribution in [0.2, 0.25) is 0 Å². The molecule has 1 fully saturated rings. The Morgan fingerprint density at radius 1 is 1.26 bits per heavy atom. The molecule has 2 rings (SSSR count). The van der Waals surface area contributed by atoms with Crippen molar-refractivity contribution in [2.75, 3.05) is 27.3 Å². The fourth-order valence-corrected chi connectivity index (χ4v) is 2.55. The highest BCUT2D eigenvalue weighted by Crippen LogP contribution is 2.28. The van der Waals surface area contributed by atoms with Gasteiger partial charge in [-0.15, -0.1) is 0 Å². The number of likely N-dealkylation sites (tertiary alicyclic amines) is 1. The Labute approximate surface area is 135 Å². The summed E-state index contributed by atoms with van der Waals surface area (Å²) in [6, 6.07) is 5.01. The first-order chi connectivity index (χ1) is 11.1. The largest absolute Gasteiger partial charge is 0.493 e. The summed E-state index contributed by atoms with van der Waals surface area (Å²) in [4.78, 5) is 25.8. The maximum absolute atomic E-state index is 12.6. The third-order valence-corrected chi connectivity index (χ3v) is 3.68. The van der Waals surface area contributed by atoms with Gasteiger partial charge in [0.2, 0.25) is 0 Å². The highest BCUT2D eigenvalue weighted by Gasteiger charge is 2.28. The quantitative estimate of drug-likeness (QED) is 0.844. The van der Waals surface area contributed by atoms with Gasteiger partial charge in [-0.05, 0) is 37.5 Å². The van der Waals surface area contributed by atoms with Crippen molar-refractivity contribution in [3.63, 3.8) is 0 Å². The van der Waals surface area contributed by atoms with E-state index in [-0.39, 0.29) is 17.9 Å². The van der Waals surface area contributed by atoms with E-state index in [9.17, 15) is 9.59 Å². The maximum Gasteiger partial charge on any atom is 0.296 e. The van der Waals surface area contributed by atoms with Crippen LogP contribution in [0.15, 0.2) is 18.2 Å². The molecule has 122 valence electrons. The Hall–Kier alpha value is -2.68. The predicted molar refractivity (Wildman–Crippen MR) is 85.4 cm³/mol. The average Bonchev–Trinajstić information content (AvgIpc) is 3.02. The van der Waals surface area contributed by atoms with Gasteiger partial charge in [-0.25, -0.2) is 0 Å². The van der Waals surface area contributed by atoms with Crippen LogP contribution in [0.25, 0.3) is 0 Å². The van der Waals surface area contributed by atoms with E-state index in [0.29, 0.717) is 30.2 Å². The van der Waals surface area contributed by atoms with Gasteiger partial charge in [0.25, 0.3) is 11.8 Å². The Balaban J connectivity index is 2.04.